The third-order valence-electron chi connectivity index (χ3n) is 5.87. The van der Waals surface area contributed by atoms with E-state index in [-0.39, 0.29) is 0 Å². The van der Waals surface area contributed by atoms with Gasteiger partial charge in [-0.2, -0.15) is 0 Å². The van der Waals surface area contributed by atoms with Crippen molar-refractivity contribution in [2.75, 3.05) is 0 Å². The van der Waals surface area contributed by atoms with Gasteiger partial charge in [-0.1, -0.05) is 27.6 Å². The first kappa shape index (κ1) is 16.0. The molecule has 0 bridgehead atoms. The molecule has 2 saturated carbocycles. The molecule has 2 aliphatic carbocycles. The molecule has 0 amide bonds. The van der Waals surface area contributed by atoms with Crippen molar-refractivity contribution in [1.29, 1.82) is 0 Å². The van der Waals surface area contributed by atoms with Crippen LogP contribution in [0.15, 0.2) is 28.9 Å². The number of fused-ring (bicyclic) bond motifs is 1. The Labute approximate surface area is 153 Å². The van der Waals surface area contributed by atoms with Crippen LogP contribution in [0.5, 0.6) is 0 Å². The second-order valence-electron chi connectivity index (χ2n) is 7.93. The van der Waals surface area contributed by atoms with Crippen LogP contribution in [0.1, 0.15) is 55.3 Å². The maximum Gasteiger partial charge on any atom is 0.336 e. The van der Waals surface area contributed by atoms with Gasteiger partial charge in [0.05, 0.1) is 5.31 Å². The highest BCUT2D eigenvalue weighted by molar-refractivity contribution is 8.08. The Balaban J connectivity index is 1.51. The number of hydrogen-bond acceptors (Lipinski definition) is 2. The zero-order chi connectivity index (χ0) is 17.2. The van der Waals surface area contributed by atoms with Crippen LogP contribution >= 0.6 is 20.3 Å². The van der Waals surface area contributed by atoms with Gasteiger partial charge in [-0.15, -0.1) is 11.8 Å². The average Bonchev–Trinajstić information content (AvgIpc) is 3.49. The van der Waals surface area contributed by atoms with E-state index in [9.17, 15) is 9.90 Å². The molecule has 130 valence electrons. The molecule has 2 N–H and O–H groups in total. The van der Waals surface area contributed by atoms with Gasteiger partial charge in [0.2, 0.25) is 0 Å². The third kappa shape index (κ3) is 2.84. The number of carboxylic acids is 1. The summed E-state index contributed by atoms with van der Waals surface area (Å²) in [5.74, 6) is 0.0148. The van der Waals surface area contributed by atoms with Crippen LogP contribution in [0.2, 0.25) is 0 Å². The molecule has 5 rings (SSSR count). The fraction of sp³-hybridized carbons (Fsp3) is 0.450. The standard InChI is InChI=1S/C20H22NO2PS/c1-20(6-7-20)18-14(9-17-24-16(10-25-17)19(22)23)13-5-4-12(11-2-3-11)8-15(13)21-18/h4-5,8,10-11,17,21,24H,2-3,6-7,9H2,1H3,(H,22,23). The van der Waals surface area contributed by atoms with Crippen molar-refractivity contribution in [3.05, 3.63) is 45.7 Å². The molecule has 0 radical (unpaired) electrons. The van der Waals surface area contributed by atoms with E-state index in [0.717, 1.165) is 12.3 Å². The van der Waals surface area contributed by atoms with E-state index in [1.165, 1.54) is 53.4 Å². The Morgan fingerprint density at radius 2 is 2.20 bits per heavy atom. The van der Waals surface area contributed by atoms with Crippen molar-refractivity contribution in [3.8, 4) is 0 Å². The number of thioether (sulfide) groups is 1. The first-order valence-electron chi connectivity index (χ1n) is 9.04. The minimum atomic E-state index is -0.754. The van der Waals surface area contributed by atoms with Gasteiger partial charge in [0.15, 0.2) is 0 Å². The molecule has 2 unspecified atom stereocenters. The number of aromatic amines is 1. The number of carbonyl (C=O) groups is 1. The lowest BCUT2D eigenvalue weighted by Crippen LogP contribution is -2.07. The van der Waals surface area contributed by atoms with Gasteiger partial charge in [0.1, 0.15) is 0 Å². The fourth-order valence-electron chi connectivity index (χ4n) is 3.90. The predicted molar refractivity (Wildman–Crippen MR) is 106 cm³/mol. The van der Waals surface area contributed by atoms with Gasteiger partial charge in [-0.3, -0.25) is 0 Å². The Morgan fingerprint density at radius 1 is 1.40 bits per heavy atom. The van der Waals surface area contributed by atoms with Crippen LogP contribution in [0.4, 0.5) is 0 Å². The third-order valence-corrected chi connectivity index (χ3v) is 8.90. The van der Waals surface area contributed by atoms with Crippen molar-refractivity contribution in [2.24, 2.45) is 0 Å². The van der Waals surface area contributed by atoms with Gasteiger partial charge in [0.25, 0.3) is 0 Å². The lowest BCUT2D eigenvalue weighted by molar-refractivity contribution is -0.131. The number of rotatable bonds is 5. The summed E-state index contributed by atoms with van der Waals surface area (Å²) in [6, 6.07) is 6.97. The van der Waals surface area contributed by atoms with Gasteiger partial charge in [-0.25, -0.2) is 4.79 Å². The molecule has 1 aromatic carbocycles. The van der Waals surface area contributed by atoms with Gasteiger partial charge in [-0.05, 0) is 60.6 Å². The minimum Gasteiger partial charge on any atom is -0.478 e. The summed E-state index contributed by atoms with van der Waals surface area (Å²) in [5.41, 5.74) is 5.89. The highest BCUT2D eigenvalue weighted by Gasteiger charge is 2.43. The topological polar surface area (TPSA) is 53.1 Å². The summed E-state index contributed by atoms with van der Waals surface area (Å²) in [5, 5.41) is 13.0. The Morgan fingerprint density at radius 3 is 2.84 bits per heavy atom. The number of H-pyrrole nitrogens is 1. The van der Waals surface area contributed by atoms with Crippen molar-refractivity contribution in [3.63, 3.8) is 0 Å². The summed E-state index contributed by atoms with van der Waals surface area (Å²) < 4.78 is 0. The summed E-state index contributed by atoms with van der Waals surface area (Å²) in [6.45, 7) is 2.36. The van der Waals surface area contributed by atoms with Crippen LogP contribution in [0, 0.1) is 0 Å². The smallest absolute Gasteiger partial charge is 0.336 e. The van der Waals surface area contributed by atoms with E-state index >= 15 is 0 Å². The largest absolute Gasteiger partial charge is 0.478 e. The summed E-state index contributed by atoms with van der Waals surface area (Å²) in [4.78, 5) is 15.4. The zero-order valence-electron chi connectivity index (χ0n) is 14.3. The van der Waals surface area contributed by atoms with Crippen molar-refractivity contribution >= 4 is 37.2 Å². The Bertz CT molecular complexity index is 908. The van der Waals surface area contributed by atoms with Crippen molar-refractivity contribution in [1.82, 2.24) is 4.98 Å². The Kier molecular flexibility index (Phi) is 3.59. The number of hydrogen-bond donors (Lipinski definition) is 2. The lowest BCUT2D eigenvalue weighted by Gasteiger charge is -2.14. The van der Waals surface area contributed by atoms with E-state index < -0.39 is 5.97 Å². The molecule has 3 nitrogen and oxygen atoms in total. The van der Waals surface area contributed by atoms with E-state index in [4.69, 9.17) is 0 Å². The number of benzene rings is 1. The predicted octanol–water partition coefficient (Wildman–Crippen LogP) is 5.32. The zero-order valence-corrected chi connectivity index (χ0v) is 16.1. The monoisotopic (exact) mass is 371 g/mol. The molecule has 3 aliphatic rings. The first-order chi connectivity index (χ1) is 12.0. The molecule has 5 heteroatoms. The molecule has 2 heterocycles. The SMILES string of the molecule is CC1(c2[nH]c3cc(C4CC4)ccc3c2CC2PC(C(=O)O)=CS2)CC1. The normalized spacial score (nSPS) is 25.5. The maximum absolute atomic E-state index is 11.2. The molecule has 25 heavy (non-hydrogen) atoms. The van der Waals surface area contributed by atoms with E-state index in [1.807, 2.05) is 5.41 Å². The second kappa shape index (κ2) is 5.62. The van der Waals surface area contributed by atoms with E-state index in [1.54, 1.807) is 11.8 Å². The number of aliphatic carboxylic acids is 1. The van der Waals surface area contributed by atoms with E-state index in [2.05, 4.69) is 30.1 Å². The molecule has 2 atom stereocenters. The molecule has 1 aromatic heterocycles. The molecule has 0 saturated heterocycles. The molecule has 0 spiro atoms. The number of carboxylic acid groups (broad SMARTS) is 1. The van der Waals surface area contributed by atoms with Crippen LogP contribution < -0.4 is 0 Å². The summed E-state index contributed by atoms with van der Waals surface area (Å²) in [6.07, 6.45) is 6.12. The lowest BCUT2D eigenvalue weighted by atomic mass is 9.97. The van der Waals surface area contributed by atoms with Gasteiger partial charge in [0, 0.05) is 27.0 Å². The van der Waals surface area contributed by atoms with Crippen LogP contribution in [0.3, 0.4) is 0 Å². The highest BCUT2D eigenvalue weighted by Crippen LogP contribution is 2.53. The Hall–Kier alpha value is -1.25. The minimum absolute atomic E-state index is 0.295. The van der Waals surface area contributed by atoms with Gasteiger partial charge >= 0.3 is 5.97 Å². The van der Waals surface area contributed by atoms with Crippen LogP contribution in [-0.2, 0) is 16.6 Å². The van der Waals surface area contributed by atoms with Crippen molar-refractivity contribution < 1.29 is 9.90 Å². The summed E-state index contributed by atoms with van der Waals surface area (Å²) in [7, 11) is 0.395. The maximum atomic E-state index is 11.2. The van der Waals surface area contributed by atoms with Crippen molar-refractivity contribution in [2.45, 2.75) is 55.4 Å². The molecule has 2 aromatic rings. The van der Waals surface area contributed by atoms with E-state index in [0.29, 0.717) is 24.3 Å². The quantitative estimate of drug-likeness (QED) is 0.700. The first-order valence-corrected chi connectivity index (χ1v) is 11.1. The molecule has 1 aliphatic heterocycles. The van der Waals surface area contributed by atoms with Crippen LogP contribution in [-0.4, -0.2) is 21.1 Å². The number of aromatic nitrogens is 1. The molecular formula is C20H22NO2PS. The molecular weight excluding hydrogens is 349 g/mol. The molecule has 2 fully saturated rings. The summed E-state index contributed by atoms with van der Waals surface area (Å²) >= 11 is 1.70. The highest BCUT2D eigenvalue weighted by atomic mass is 32.2. The fourth-order valence-corrected chi connectivity index (χ4v) is 6.67. The van der Waals surface area contributed by atoms with Crippen LogP contribution in [0.25, 0.3) is 10.9 Å². The average molecular weight is 371 g/mol. The second-order valence-corrected chi connectivity index (χ2v) is 10.9. The number of nitrogens with one attached hydrogen (secondary N) is 1. The van der Waals surface area contributed by atoms with Gasteiger partial charge < -0.3 is 10.1 Å².